The molecule has 0 aromatic rings. The maximum Gasteiger partial charge on any atom is 0.0589 e. The molecule has 0 bridgehead atoms. The molecule has 0 atom stereocenters. The Morgan fingerprint density at radius 1 is 1.24 bits per heavy atom. The Morgan fingerprint density at radius 3 is 2.53 bits per heavy atom. The molecule has 3 nitrogen and oxygen atoms in total. The number of hydrogen-bond acceptors (Lipinski definition) is 3. The number of nitrogens with zero attached hydrogens (tertiary/aromatic N) is 1. The summed E-state index contributed by atoms with van der Waals surface area (Å²) in [6.07, 6.45) is 5.49. The van der Waals surface area contributed by atoms with Gasteiger partial charge in [-0.25, -0.2) is 0 Å². The standard InChI is InChI=1S/C14H30N2O/c1-13(2)16(11-12-17-3)10-4-5-14-6-8-15-9-7-14/h13-15H,4-12H2,1-3H3. The van der Waals surface area contributed by atoms with Gasteiger partial charge in [0.05, 0.1) is 6.61 Å². The van der Waals surface area contributed by atoms with E-state index in [1.165, 1.54) is 45.3 Å². The van der Waals surface area contributed by atoms with Gasteiger partial charge in [0.25, 0.3) is 0 Å². The van der Waals surface area contributed by atoms with E-state index in [1.54, 1.807) is 7.11 Å². The van der Waals surface area contributed by atoms with Gasteiger partial charge in [-0.15, -0.1) is 0 Å². The van der Waals surface area contributed by atoms with E-state index in [4.69, 9.17) is 4.74 Å². The molecule has 0 radical (unpaired) electrons. The Balaban J connectivity index is 2.12. The van der Waals surface area contributed by atoms with Gasteiger partial charge in [0, 0.05) is 19.7 Å². The van der Waals surface area contributed by atoms with E-state index in [0.717, 1.165) is 19.1 Å². The van der Waals surface area contributed by atoms with Crippen LogP contribution in [0, 0.1) is 5.92 Å². The van der Waals surface area contributed by atoms with Crippen molar-refractivity contribution in [3.8, 4) is 0 Å². The summed E-state index contributed by atoms with van der Waals surface area (Å²) in [5, 5.41) is 3.43. The zero-order valence-electron chi connectivity index (χ0n) is 11.9. The lowest BCUT2D eigenvalue weighted by Gasteiger charge is -2.28. The Kier molecular flexibility index (Phi) is 7.82. The van der Waals surface area contributed by atoms with Gasteiger partial charge < -0.3 is 10.1 Å². The van der Waals surface area contributed by atoms with Crippen molar-refractivity contribution in [2.24, 2.45) is 5.92 Å². The van der Waals surface area contributed by atoms with E-state index >= 15 is 0 Å². The van der Waals surface area contributed by atoms with Crippen LogP contribution >= 0.6 is 0 Å². The highest BCUT2D eigenvalue weighted by atomic mass is 16.5. The molecular weight excluding hydrogens is 212 g/mol. The van der Waals surface area contributed by atoms with Crippen LogP contribution in [-0.4, -0.2) is 50.8 Å². The first-order valence-electron chi connectivity index (χ1n) is 7.17. The van der Waals surface area contributed by atoms with Crippen molar-refractivity contribution in [1.29, 1.82) is 0 Å². The zero-order chi connectivity index (χ0) is 12.5. The summed E-state index contributed by atoms with van der Waals surface area (Å²) >= 11 is 0. The maximum absolute atomic E-state index is 5.17. The summed E-state index contributed by atoms with van der Waals surface area (Å²) in [5.41, 5.74) is 0. The van der Waals surface area contributed by atoms with Crippen LogP contribution in [0.1, 0.15) is 39.5 Å². The van der Waals surface area contributed by atoms with Crippen LogP contribution in [0.2, 0.25) is 0 Å². The zero-order valence-corrected chi connectivity index (χ0v) is 11.9. The summed E-state index contributed by atoms with van der Waals surface area (Å²) in [6, 6.07) is 0.637. The Morgan fingerprint density at radius 2 is 1.94 bits per heavy atom. The highest BCUT2D eigenvalue weighted by Gasteiger charge is 2.14. The van der Waals surface area contributed by atoms with Gasteiger partial charge in [-0.05, 0) is 65.1 Å². The lowest BCUT2D eigenvalue weighted by atomic mass is 9.93. The fraction of sp³-hybridized carbons (Fsp3) is 1.00. The van der Waals surface area contributed by atoms with Crippen molar-refractivity contribution in [3.05, 3.63) is 0 Å². The summed E-state index contributed by atoms with van der Waals surface area (Å²) < 4.78 is 5.17. The molecule has 0 saturated carbocycles. The molecule has 1 fully saturated rings. The van der Waals surface area contributed by atoms with Crippen molar-refractivity contribution in [2.75, 3.05) is 39.9 Å². The van der Waals surface area contributed by atoms with E-state index in [1.807, 2.05) is 0 Å². The molecule has 0 unspecified atom stereocenters. The first-order valence-corrected chi connectivity index (χ1v) is 7.17. The van der Waals surface area contributed by atoms with Gasteiger partial charge in [-0.2, -0.15) is 0 Å². The normalized spacial score (nSPS) is 18.2. The lowest BCUT2D eigenvalue weighted by molar-refractivity contribution is 0.126. The average molecular weight is 242 g/mol. The predicted octanol–water partition coefficient (Wildman–Crippen LogP) is 2.12. The van der Waals surface area contributed by atoms with Crippen LogP contribution in [0.25, 0.3) is 0 Å². The minimum Gasteiger partial charge on any atom is -0.383 e. The number of piperidine rings is 1. The number of nitrogens with one attached hydrogen (secondary N) is 1. The fourth-order valence-electron chi connectivity index (χ4n) is 2.59. The van der Waals surface area contributed by atoms with E-state index in [2.05, 4.69) is 24.1 Å². The Bertz CT molecular complexity index is 179. The van der Waals surface area contributed by atoms with E-state index in [0.29, 0.717) is 6.04 Å². The Hall–Kier alpha value is -0.120. The van der Waals surface area contributed by atoms with Crippen molar-refractivity contribution in [2.45, 2.75) is 45.6 Å². The van der Waals surface area contributed by atoms with E-state index in [9.17, 15) is 0 Å². The summed E-state index contributed by atoms with van der Waals surface area (Å²) in [4.78, 5) is 2.53. The minimum atomic E-state index is 0.637. The summed E-state index contributed by atoms with van der Waals surface area (Å²) in [5.74, 6) is 0.965. The minimum absolute atomic E-state index is 0.637. The van der Waals surface area contributed by atoms with Gasteiger partial charge in [-0.3, -0.25) is 4.90 Å². The van der Waals surface area contributed by atoms with Crippen molar-refractivity contribution >= 4 is 0 Å². The average Bonchev–Trinajstić information content (AvgIpc) is 2.34. The molecule has 0 spiro atoms. The van der Waals surface area contributed by atoms with Gasteiger partial charge in [0.2, 0.25) is 0 Å². The molecule has 3 heteroatoms. The van der Waals surface area contributed by atoms with Crippen molar-refractivity contribution in [1.82, 2.24) is 10.2 Å². The maximum atomic E-state index is 5.17. The molecular formula is C14H30N2O. The van der Waals surface area contributed by atoms with Crippen LogP contribution in [0.3, 0.4) is 0 Å². The third-order valence-electron chi connectivity index (χ3n) is 3.83. The van der Waals surface area contributed by atoms with Gasteiger partial charge in [-0.1, -0.05) is 0 Å². The van der Waals surface area contributed by atoms with Crippen LogP contribution in [0.5, 0.6) is 0 Å². The molecule has 102 valence electrons. The smallest absolute Gasteiger partial charge is 0.0589 e. The third-order valence-corrected chi connectivity index (χ3v) is 3.83. The SMILES string of the molecule is COCCN(CCCC1CCNCC1)C(C)C. The fourth-order valence-corrected chi connectivity index (χ4v) is 2.59. The Labute approximate surface area is 107 Å². The second-order valence-electron chi connectivity index (χ2n) is 5.46. The van der Waals surface area contributed by atoms with E-state index < -0.39 is 0 Å². The molecule has 1 rings (SSSR count). The number of ether oxygens (including phenoxy) is 1. The van der Waals surface area contributed by atoms with E-state index in [-0.39, 0.29) is 0 Å². The van der Waals surface area contributed by atoms with Crippen LogP contribution in [-0.2, 0) is 4.74 Å². The predicted molar refractivity (Wildman–Crippen MR) is 73.4 cm³/mol. The van der Waals surface area contributed by atoms with Crippen LogP contribution in [0.15, 0.2) is 0 Å². The topological polar surface area (TPSA) is 24.5 Å². The van der Waals surface area contributed by atoms with Crippen LogP contribution < -0.4 is 5.32 Å². The molecule has 1 N–H and O–H groups in total. The first kappa shape index (κ1) is 14.9. The highest BCUT2D eigenvalue weighted by Crippen LogP contribution is 2.18. The van der Waals surface area contributed by atoms with Gasteiger partial charge in [0.1, 0.15) is 0 Å². The molecule has 0 aliphatic carbocycles. The first-order chi connectivity index (χ1) is 8.24. The molecule has 1 heterocycles. The molecule has 0 aromatic carbocycles. The summed E-state index contributed by atoms with van der Waals surface area (Å²) in [7, 11) is 1.79. The van der Waals surface area contributed by atoms with Gasteiger partial charge in [0.15, 0.2) is 0 Å². The summed E-state index contributed by atoms with van der Waals surface area (Å²) in [6.45, 7) is 10.2. The lowest BCUT2D eigenvalue weighted by Crippen LogP contribution is -2.35. The largest absolute Gasteiger partial charge is 0.383 e. The highest BCUT2D eigenvalue weighted by molar-refractivity contribution is 4.70. The van der Waals surface area contributed by atoms with Crippen molar-refractivity contribution in [3.63, 3.8) is 0 Å². The van der Waals surface area contributed by atoms with Crippen molar-refractivity contribution < 1.29 is 4.74 Å². The molecule has 17 heavy (non-hydrogen) atoms. The number of rotatable bonds is 8. The van der Waals surface area contributed by atoms with Gasteiger partial charge >= 0.3 is 0 Å². The molecule has 1 aliphatic heterocycles. The second kappa shape index (κ2) is 8.90. The number of hydrogen-bond donors (Lipinski definition) is 1. The van der Waals surface area contributed by atoms with Crippen LogP contribution in [0.4, 0.5) is 0 Å². The third kappa shape index (κ3) is 6.39. The second-order valence-corrected chi connectivity index (χ2v) is 5.46. The molecule has 1 aliphatic rings. The monoisotopic (exact) mass is 242 g/mol. The quantitative estimate of drug-likeness (QED) is 0.705. The molecule has 0 aromatic heterocycles. The molecule has 0 amide bonds. The molecule has 1 saturated heterocycles. The number of methoxy groups -OCH3 is 1.